The first-order valence-corrected chi connectivity index (χ1v) is 7.02. The Morgan fingerprint density at radius 3 is 2.68 bits per heavy atom. The van der Waals surface area contributed by atoms with E-state index in [1.165, 1.54) is 25.7 Å². The summed E-state index contributed by atoms with van der Waals surface area (Å²) in [5, 5.41) is 12.5. The van der Waals surface area contributed by atoms with Crippen LogP contribution in [0.25, 0.3) is 0 Å². The standard InChI is InChI=1S/C16H25N3/c1-4-5-6-9-16(2,3)12-19-15-8-7-14(18)10-13(15)11-17/h7-8,10,19H,4-6,9,12,18H2,1-3H3. The monoisotopic (exact) mass is 259 g/mol. The van der Waals surface area contributed by atoms with Crippen molar-refractivity contribution in [2.24, 2.45) is 5.41 Å². The Morgan fingerprint density at radius 2 is 2.05 bits per heavy atom. The molecule has 1 rings (SSSR count). The molecule has 0 aliphatic carbocycles. The molecule has 0 spiro atoms. The SMILES string of the molecule is CCCCCC(C)(C)CNc1ccc(N)cc1C#N. The van der Waals surface area contributed by atoms with Crippen molar-refractivity contribution >= 4 is 11.4 Å². The van der Waals surface area contributed by atoms with Crippen LogP contribution >= 0.6 is 0 Å². The van der Waals surface area contributed by atoms with Gasteiger partial charge in [0.15, 0.2) is 0 Å². The highest BCUT2D eigenvalue weighted by molar-refractivity contribution is 5.62. The quantitative estimate of drug-likeness (QED) is 0.571. The van der Waals surface area contributed by atoms with Crippen LogP contribution < -0.4 is 11.1 Å². The van der Waals surface area contributed by atoms with E-state index < -0.39 is 0 Å². The molecule has 3 N–H and O–H groups in total. The first-order chi connectivity index (χ1) is 8.98. The minimum atomic E-state index is 0.239. The number of unbranched alkanes of at least 4 members (excludes halogenated alkanes) is 2. The molecule has 1 aromatic carbocycles. The first-order valence-electron chi connectivity index (χ1n) is 7.02. The second-order valence-corrected chi connectivity index (χ2v) is 5.89. The number of nitrogens with zero attached hydrogens (tertiary/aromatic N) is 1. The lowest BCUT2D eigenvalue weighted by Gasteiger charge is -2.26. The van der Waals surface area contributed by atoms with Gasteiger partial charge in [0.05, 0.1) is 11.3 Å². The third-order valence-electron chi connectivity index (χ3n) is 3.38. The van der Waals surface area contributed by atoms with Crippen molar-refractivity contribution in [3.8, 4) is 6.07 Å². The largest absolute Gasteiger partial charge is 0.399 e. The summed E-state index contributed by atoms with van der Waals surface area (Å²) in [6.07, 6.45) is 5.00. The number of hydrogen-bond acceptors (Lipinski definition) is 3. The molecule has 0 bridgehead atoms. The summed E-state index contributed by atoms with van der Waals surface area (Å²) in [4.78, 5) is 0. The van der Waals surface area contributed by atoms with Crippen LogP contribution in [0.1, 0.15) is 52.0 Å². The van der Waals surface area contributed by atoms with E-state index in [9.17, 15) is 0 Å². The molecule has 0 unspecified atom stereocenters. The average molecular weight is 259 g/mol. The lowest BCUT2D eigenvalue weighted by Crippen LogP contribution is -2.23. The highest BCUT2D eigenvalue weighted by Crippen LogP contribution is 2.26. The van der Waals surface area contributed by atoms with Crippen molar-refractivity contribution in [1.29, 1.82) is 5.26 Å². The van der Waals surface area contributed by atoms with Crippen LogP contribution in [0.3, 0.4) is 0 Å². The fourth-order valence-corrected chi connectivity index (χ4v) is 2.08. The molecule has 0 radical (unpaired) electrons. The molecule has 19 heavy (non-hydrogen) atoms. The van der Waals surface area contributed by atoms with Gasteiger partial charge in [0.25, 0.3) is 0 Å². The number of nitriles is 1. The first kappa shape index (κ1) is 15.4. The molecule has 0 saturated carbocycles. The average Bonchev–Trinajstić information content (AvgIpc) is 2.37. The summed E-state index contributed by atoms with van der Waals surface area (Å²) in [6, 6.07) is 7.61. The number of nitrogens with one attached hydrogen (secondary N) is 1. The number of hydrogen-bond donors (Lipinski definition) is 2. The van der Waals surface area contributed by atoms with E-state index in [4.69, 9.17) is 11.0 Å². The lowest BCUT2D eigenvalue weighted by molar-refractivity contribution is 0.342. The van der Waals surface area contributed by atoms with Gasteiger partial charge in [0.2, 0.25) is 0 Å². The number of benzene rings is 1. The van der Waals surface area contributed by atoms with Crippen LogP contribution in [0.4, 0.5) is 11.4 Å². The van der Waals surface area contributed by atoms with Crippen molar-refractivity contribution in [2.45, 2.75) is 46.5 Å². The van der Waals surface area contributed by atoms with Crippen molar-refractivity contribution in [3.63, 3.8) is 0 Å². The van der Waals surface area contributed by atoms with Crippen LogP contribution in [-0.2, 0) is 0 Å². The molecule has 3 nitrogen and oxygen atoms in total. The van der Waals surface area contributed by atoms with E-state index in [2.05, 4.69) is 32.2 Å². The normalized spacial score (nSPS) is 11.1. The fraction of sp³-hybridized carbons (Fsp3) is 0.562. The van der Waals surface area contributed by atoms with Crippen LogP contribution in [0.2, 0.25) is 0 Å². The van der Waals surface area contributed by atoms with Crippen molar-refractivity contribution in [2.75, 3.05) is 17.6 Å². The molecule has 0 atom stereocenters. The van der Waals surface area contributed by atoms with Gasteiger partial charge < -0.3 is 11.1 Å². The van der Waals surface area contributed by atoms with Crippen LogP contribution in [0.15, 0.2) is 18.2 Å². The second kappa shape index (κ2) is 7.04. The molecule has 0 amide bonds. The van der Waals surface area contributed by atoms with Crippen molar-refractivity contribution < 1.29 is 0 Å². The maximum atomic E-state index is 9.10. The zero-order valence-electron chi connectivity index (χ0n) is 12.3. The number of anilines is 2. The zero-order chi connectivity index (χ0) is 14.3. The zero-order valence-corrected chi connectivity index (χ0v) is 12.3. The Balaban J connectivity index is 2.59. The third-order valence-corrected chi connectivity index (χ3v) is 3.38. The summed E-state index contributed by atoms with van der Waals surface area (Å²) < 4.78 is 0. The van der Waals surface area contributed by atoms with Crippen LogP contribution in [-0.4, -0.2) is 6.54 Å². The van der Waals surface area contributed by atoms with Crippen LogP contribution in [0.5, 0.6) is 0 Å². The summed E-state index contributed by atoms with van der Waals surface area (Å²) in [6.45, 7) is 7.62. The third kappa shape index (κ3) is 5.21. The molecule has 0 heterocycles. The minimum Gasteiger partial charge on any atom is -0.399 e. The number of nitrogens with two attached hydrogens (primary N) is 1. The lowest BCUT2D eigenvalue weighted by atomic mass is 9.86. The van der Waals surface area contributed by atoms with E-state index in [1.807, 2.05) is 12.1 Å². The Bertz CT molecular complexity index is 444. The molecule has 104 valence electrons. The maximum Gasteiger partial charge on any atom is 0.101 e. The van der Waals surface area contributed by atoms with Crippen molar-refractivity contribution in [1.82, 2.24) is 0 Å². The van der Waals surface area contributed by atoms with Crippen molar-refractivity contribution in [3.05, 3.63) is 23.8 Å². The van der Waals surface area contributed by atoms with Gasteiger partial charge in [-0.1, -0.05) is 40.0 Å². The van der Waals surface area contributed by atoms with Gasteiger partial charge in [0, 0.05) is 12.2 Å². The summed E-state index contributed by atoms with van der Waals surface area (Å²) in [7, 11) is 0. The van der Waals surface area contributed by atoms with E-state index in [1.54, 1.807) is 6.07 Å². The Morgan fingerprint density at radius 1 is 1.32 bits per heavy atom. The van der Waals surface area contributed by atoms with E-state index >= 15 is 0 Å². The predicted molar refractivity (Wildman–Crippen MR) is 82.0 cm³/mol. The second-order valence-electron chi connectivity index (χ2n) is 5.89. The van der Waals surface area contributed by atoms with Gasteiger partial charge in [-0.2, -0.15) is 5.26 Å². The molecule has 0 fully saturated rings. The molecule has 3 heteroatoms. The Hall–Kier alpha value is -1.69. The molecular formula is C16H25N3. The van der Waals surface area contributed by atoms with Crippen LogP contribution in [0, 0.1) is 16.7 Å². The summed E-state index contributed by atoms with van der Waals surface area (Å²) >= 11 is 0. The smallest absolute Gasteiger partial charge is 0.101 e. The number of rotatable bonds is 7. The molecule has 1 aromatic rings. The fourth-order valence-electron chi connectivity index (χ4n) is 2.08. The molecule has 0 aliphatic rings. The van der Waals surface area contributed by atoms with Gasteiger partial charge in [-0.3, -0.25) is 0 Å². The minimum absolute atomic E-state index is 0.239. The predicted octanol–water partition coefficient (Wildman–Crippen LogP) is 4.16. The highest BCUT2D eigenvalue weighted by atomic mass is 14.9. The maximum absolute atomic E-state index is 9.10. The summed E-state index contributed by atoms with van der Waals surface area (Å²) in [5.74, 6) is 0. The Kier molecular flexibility index (Phi) is 5.69. The van der Waals surface area contributed by atoms with E-state index in [0.717, 1.165) is 12.2 Å². The molecule has 0 saturated heterocycles. The topological polar surface area (TPSA) is 61.8 Å². The van der Waals surface area contributed by atoms with E-state index in [-0.39, 0.29) is 5.41 Å². The van der Waals surface area contributed by atoms with E-state index in [0.29, 0.717) is 11.3 Å². The van der Waals surface area contributed by atoms with Gasteiger partial charge >= 0.3 is 0 Å². The molecule has 0 aromatic heterocycles. The number of nitrogen functional groups attached to an aromatic ring is 1. The van der Waals surface area contributed by atoms with Gasteiger partial charge in [-0.15, -0.1) is 0 Å². The highest BCUT2D eigenvalue weighted by Gasteiger charge is 2.17. The summed E-state index contributed by atoms with van der Waals surface area (Å²) in [5.41, 5.74) is 8.05. The Labute approximate surface area is 116 Å². The molecule has 0 aliphatic heterocycles. The van der Waals surface area contributed by atoms with Gasteiger partial charge in [0.1, 0.15) is 6.07 Å². The van der Waals surface area contributed by atoms with Gasteiger partial charge in [-0.05, 0) is 30.0 Å². The van der Waals surface area contributed by atoms with Gasteiger partial charge in [-0.25, -0.2) is 0 Å². The molecular weight excluding hydrogens is 234 g/mol.